The number of carbonyl (C=O) groups excluding carboxylic acids is 1. The molecule has 1 aliphatic rings. The van der Waals surface area contributed by atoms with Gasteiger partial charge in [-0.15, -0.1) is 6.42 Å². The minimum absolute atomic E-state index is 0.103. The first-order valence-electron chi connectivity index (χ1n) is 11.2. The number of H-pyrrole nitrogens is 1. The van der Waals surface area contributed by atoms with E-state index in [1.807, 2.05) is 4.98 Å². The number of nitrogens with zero attached hydrogens (tertiary/aromatic N) is 1. The second-order valence-corrected chi connectivity index (χ2v) is 10.2. The van der Waals surface area contributed by atoms with Crippen LogP contribution in [0.15, 0.2) is 52.2 Å². The number of alkyl halides is 1. The maximum atomic E-state index is 15.1. The van der Waals surface area contributed by atoms with Gasteiger partial charge in [-0.1, -0.05) is 24.1 Å². The predicted octanol–water partition coefficient (Wildman–Crippen LogP) is 1.27. The number of hydrogen-bond acceptors (Lipinski definition) is 9. The lowest BCUT2D eigenvalue weighted by Gasteiger charge is -2.29. The molecule has 1 aromatic heterocycles. The number of carbonyl (C=O) groups is 1. The van der Waals surface area contributed by atoms with Crippen LogP contribution in [0.2, 0.25) is 0 Å². The van der Waals surface area contributed by atoms with Crippen LogP contribution in [-0.2, 0) is 23.4 Å². The largest absolute Gasteiger partial charge is 0.462 e. The van der Waals surface area contributed by atoms with Gasteiger partial charge in [0.1, 0.15) is 24.5 Å². The summed E-state index contributed by atoms with van der Waals surface area (Å²) in [6, 6.07) is 7.62. The number of rotatable bonds is 10. The van der Waals surface area contributed by atoms with E-state index in [4.69, 9.17) is 24.9 Å². The lowest BCUT2D eigenvalue weighted by atomic mass is 9.98. The normalized spacial score (nSPS) is 25.7. The highest BCUT2D eigenvalue weighted by Gasteiger charge is 2.57. The smallest absolute Gasteiger partial charge is 0.459 e. The molecule has 6 unspecified atom stereocenters. The van der Waals surface area contributed by atoms with Gasteiger partial charge in [-0.2, -0.15) is 5.09 Å². The first-order chi connectivity index (χ1) is 17.4. The standard InChI is InChI=1S/C23H27FN3O9P/c1-5-23(19(29)18(24)20(35-23)27-12-11-17(28)25-22(27)31)13-33-37(32,36-16-9-7-6-8-10-16)26-15(4)21(30)34-14(2)3/h1,6-12,14-15,18-20,29H,13H2,2-4H3,(H,26,32)(H,25,28,31). The van der Waals surface area contributed by atoms with Gasteiger partial charge in [-0.05, 0) is 32.9 Å². The Morgan fingerprint density at radius 1 is 1.32 bits per heavy atom. The summed E-state index contributed by atoms with van der Waals surface area (Å²) < 4.78 is 51.1. The molecule has 0 spiro atoms. The zero-order valence-corrected chi connectivity index (χ0v) is 21.1. The van der Waals surface area contributed by atoms with E-state index >= 15 is 4.39 Å². The molecule has 37 heavy (non-hydrogen) atoms. The number of esters is 1. The molecular formula is C23H27FN3O9P. The van der Waals surface area contributed by atoms with Crippen LogP contribution in [-0.4, -0.2) is 57.3 Å². The molecule has 1 saturated heterocycles. The van der Waals surface area contributed by atoms with Crippen LogP contribution in [0.25, 0.3) is 0 Å². The van der Waals surface area contributed by atoms with Gasteiger partial charge in [0, 0.05) is 12.3 Å². The zero-order chi connectivity index (χ0) is 27.4. The van der Waals surface area contributed by atoms with Crippen molar-refractivity contribution < 1.29 is 37.4 Å². The molecule has 3 N–H and O–H groups in total. The van der Waals surface area contributed by atoms with Crippen LogP contribution in [0.1, 0.15) is 27.0 Å². The third kappa shape index (κ3) is 6.54. The summed E-state index contributed by atoms with van der Waals surface area (Å²) in [5.41, 5.74) is -3.95. The summed E-state index contributed by atoms with van der Waals surface area (Å²) in [5.74, 6) is 1.46. The second kappa shape index (κ2) is 11.4. The molecule has 3 rings (SSSR count). The molecule has 0 saturated carbocycles. The summed E-state index contributed by atoms with van der Waals surface area (Å²) >= 11 is 0. The molecule has 200 valence electrons. The van der Waals surface area contributed by atoms with E-state index in [-0.39, 0.29) is 5.75 Å². The third-order valence-electron chi connectivity index (χ3n) is 5.23. The Morgan fingerprint density at radius 2 is 2.00 bits per heavy atom. The minimum atomic E-state index is -4.43. The molecular weight excluding hydrogens is 512 g/mol. The number of aliphatic hydroxyl groups excluding tert-OH is 1. The number of nitrogens with one attached hydrogen (secondary N) is 2. The van der Waals surface area contributed by atoms with E-state index in [0.717, 1.165) is 12.3 Å². The highest BCUT2D eigenvalue weighted by atomic mass is 31.2. The van der Waals surface area contributed by atoms with Crippen LogP contribution >= 0.6 is 7.75 Å². The third-order valence-corrected chi connectivity index (χ3v) is 6.85. The van der Waals surface area contributed by atoms with Crippen LogP contribution in [0, 0.1) is 12.3 Å². The van der Waals surface area contributed by atoms with Crippen LogP contribution in [0.3, 0.4) is 0 Å². The molecule has 0 radical (unpaired) electrons. The van der Waals surface area contributed by atoms with Gasteiger partial charge >= 0.3 is 19.4 Å². The van der Waals surface area contributed by atoms with Crippen molar-refractivity contribution in [2.75, 3.05) is 6.61 Å². The number of aromatic nitrogens is 2. The molecule has 0 aliphatic carbocycles. The molecule has 12 nitrogen and oxygen atoms in total. The molecule has 0 amide bonds. The van der Waals surface area contributed by atoms with Gasteiger partial charge < -0.3 is 19.1 Å². The number of terminal acetylenes is 1. The minimum Gasteiger partial charge on any atom is -0.462 e. The number of aliphatic hydroxyl groups is 1. The molecule has 2 aromatic rings. The topological polar surface area (TPSA) is 158 Å². The number of ether oxygens (including phenoxy) is 2. The Labute approximate surface area is 211 Å². The number of benzene rings is 1. The lowest BCUT2D eigenvalue weighted by Crippen LogP contribution is -2.45. The molecule has 14 heteroatoms. The van der Waals surface area contributed by atoms with Gasteiger partial charge in [0.2, 0.25) is 0 Å². The summed E-state index contributed by atoms with van der Waals surface area (Å²) in [5, 5.41) is 13.0. The van der Waals surface area contributed by atoms with Crippen LogP contribution < -0.4 is 20.9 Å². The van der Waals surface area contributed by atoms with E-state index in [1.165, 1.54) is 19.1 Å². The van der Waals surface area contributed by atoms with E-state index in [2.05, 4.69) is 11.0 Å². The van der Waals surface area contributed by atoms with Gasteiger partial charge in [0.25, 0.3) is 5.56 Å². The maximum absolute atomic E-state index is 15.1. The molecule has 1 aliphatic heterocycles. The van der Waals surface area contributed by atoms with Crippen molar-refractivity contribution in [3.05, 3.63) is 63.4 Å². The predicted molar refractivity (Wildman–Crippen MR) is 128 cm³/mol. The summed E-state index contributed by atoms with van der Waals surface area (Å²) in [6.07, 6.45) is 0.0872. The van der Waals surface area contributed by atoms with Crippen molar-refractivity contribution in [1.29, 1.82) is 0 Å². The number of aromatic amines is 1. The number of hydrogen-bond donors (Lipinski definition) is 3. The fourth-order valence-electron chi connectivity index (χ4n) is 3.40. The molecule has 6 atom stereocenters. The SMILES string of the molecule is C#CC1(COP(=O)(NC(C)C(=O)OC(C)C)Oc2ccccc2)OC(n2ccc(=O)[nH]c2=O)C(F)C1O. The fraction of sp³-hybridized carbons (Fsp3) is 0.435. The summed E-state index contributed by atoms with van der Waals surface area (Å²) in [4.78, 5) is 37.7. The van der Waals surface area contributed by atoms with Crippen molar-refractivity contribution >= 4 is 13.7 Å². The second-order valence-electron chi connectivity index (χ2n) is 8.46. The Kier molecular flexibility index (Phi) is 8.73. The van der Waals surface area contributed by atoms with Crippen molar-refractivity contribution in [3.8, 4) is 18.1 Å². The van der Waals surface area contributed by atoms with Crippen molar-refractivity contribution in [3.63, 3.8) is 0 Å². The van der Waals surface area contributed by atoms with E-state index < -0.39 is 67.8 Å². The Bertz CT molecular complexity index is 1310. The fourth-order valence-corrected chi connectivity index (χ4v) is 4.92. The lowest BCUT2D eigenvalue weighted by molar-refractivity contribution is -0.149. The highest BCUT2D eigenvalue weighted by molar-refractivity contribution is 7.52. The maximum Gasteiger partial charge on any atom is 0.459 e. The first kappa shape index (κ1) is 28.3. The molecule has 1 aromatic carbocycles. The average Bonchev–Trinajstić information content (AvgIpc) is 3.08. The Balaban J connectivity index is 1.87. The monoisotopic (exact) mass is 539 g/mol. The van der Waals surface area contributed by atoms with E-state index in [0.29, 0.717) is 4.57 Å². The summed E-state index contributed by atoms with van der Waals surface area (Å²) in [6.45, 7) is 3.76. The van der Waals surface area contributed by atoms with E-state index in [9.17, 15) is 24.1 Å². The number of para-hydroxylation sites is 1. The average molecular weight is 539 g/mol. The van der Waals surface area contributed by atoms with Gasteiger partial charge in [-0.3, -0.25) is 23.7 Å². The Hall–Kier alpha value is -3.27. The zero-order valence-electron chi connectivity index (χ0n) is 20.2. The first-order valence-corrected chi connectivity index (χ1v) is 12.7. The molecule has 2 heterocycles. The van der Waals surface area contributed by atoms with E-state index in [1.54, 1.807) is 32.0 Å². The van der Waals surface area contributed by atoms with Crippen molar-refractivity contribution in [1.82, 2.24) is 14.6 Å². The van der Waals surface area contributed by atoms with Gasteiger partial charge in [-0.25, -0.2) is 13.8 Å². The van der Waals surface area contributed by atoms with Crippen LogP contribution in [0.4, 0.5) is 4.39 Å². The summed E-state index contributed by atoms with van der Waals surface area (Å²) in [7, 11) is -4.43. The quantitative estimate of drug-likeness (QED) is 0.228. The van der Waals surface area contributed by atoms with Crippen LogP contribution in [0.5, 0.6) is 5.75 Å². The van der Waals surface area contributed by atoms with Crippen molar-refractivity contribution in [2.24, 2.45) is 0 Å². The van der Waals surface area contributed by atoms with Gasteiger partial charge in [0.05, 0.1) is 6.10 Å². The highest BCUT2D eigenvalue weighted by Crippen LogP contribution is 2.48. The van der Waals surface area contributed by atoms with Gasteiger partial charge in [0.15, 0.2) is 18.0 Å². The Morgan fingerprint density at radius 3 is 2.59 bits per heavy atom. The van der Waals surface area contributed by atoms with Crippen molar-refractivity contribution in [2.45, 2.75) is 57.0 Å². The molecule has 0 bridgehead atoms. The number of halogens is 1. The molecule has 1 fully saturated rings.